The largest absolute Gasteiger partial charge is 0.309 e. The first-order valence-electron chi connectivity index (χ1n) is 3.13. The molecule has 2 nitrogen and oxygen atoms in total. The van der Waals surface area contributed by atoms with Gasteiger partial charge in [-0.25, -0.2) is 0 Å². The maximum Gasteiger partial charge on any atom is 0.191 e. The zero-order chi connectivity index (χ0) is 8.36. The Balaban J connectivity index is 3.99. The summed E-state index contributed by atoms with van der Waals surface area (Å²) in [7, 11) is 0. The van der Waals surface area contributed by atoms with Gasteiger partial charge in [0.2, 0.25) is 0 Å². The third kappa shape index (κ3) is 3.67. The van der Waals surface area contributed by atoms with Gasteiger partial charge in [0.05, 0.1) is 6.42 Å². The van der Waals surface area contributed by atoms with Crippen LogP contribution < -0.4 is 0 Å². The second-order valence-corrected chi connectivity index (χ2v) is 3.80. The summed E-state index contributed by atoms with van der Waals surface area (Å²) in [5, 5.41) is 7.16. The highest BCUT2D eigenvalue weighted by Gasteiger charge is 2.18. The molecule has 0 heterocycles. The second kappa shape index (κ2) is 3.19. The number of carbonyl (C=O) groups is 1. The number of carbonyl (C=O) groups excluding carboxylic acids is 1. The van der Waals surface area contributed by atoms with E-state index in [1.54, 1.807) is 0 Å². The van der Waals surface area contributed by atoms with E-state index in [9.17, 15) is 4.79 Å². The molecule has 0 bridgehead atoms. The number of rotatable bonds is 2. The third-order valence-electron chi connectivity index (χ3n) is 1.23. The van der Waals surface area contributed by atoms with E-state index in [1.807, 2.05) is 20.8 Å². The summed E-state index contributed by atoms with van der Waals surface area (Å²) in [5.41, 5.74) is 0.241. The number of hydrogen-bond donors (Lipinski definition) is 2. The maximum absolute atomic E-state index is 10.4. The minimum atomic E-state index is -0.236. The molecule has 0 spiro atoms. The maximum atomic E-state index is 10.4. The van der Waals surface area contributed by atoms with Crippen molar-refractivity contribution < 1.29 is 4.79 Å². The number of hydrogen-bond acceptors (Lipinski definition) is 2. The van der Waals surface area contributed by atoms with E-state index in [4.69, 9.17) is 5.41 Å². The summed E-state index contributed by atoms with van der Waals surface area (Å²) >= 11 is 3.59. The minimum Gasteiger partial charge on any atom is -0.309 e. The van der Waals surface area contributed by atoms with Gasteiger partial charge in [-0.2, -0.15) is 0 Å². The van der Waals surface area contributed by atoms with Crippen molar-refractivity contribution >= 4 is 23.5 Å². The highest BCUT2D eigenvalue weighted by molar-refractivity contribution is 7.96. The molecule has 3 heteroatoms. The number of nitrogens with one attached hydrogen (secondary N) is 1. The van der Waals surface area contributed by atoms with Crippen LogP contribution >= 0.6 is 12.6 Å². The quantitative estimate of drug-likeness (QED) is 0.469. The molecule has 10 heavy (non-hydrogen) atoms. The second-order valence-electron chi connectivity index (χ2n) is 3.30. The molecule has 0 aliphatic rings. The molecule has 0 aromatic rings. The Morgan fingerprint density at radius 3 is 2.00 bits per heavy atom. The summed E-state index contributed by atoms with van der Waals surface area (Å²) in [5.74, 6) is 0. The lowest BCUT2D eigenvalue weighted by Crippen LogP contribution is -2.20. The zero-order valence-corrected chi connectivity index (χ0v) is 7.46. The van der Waals surface area contributed by atoms with Gasteiger partial charge in [-0.15, -0.1) is 12.6 Å². The van der Waals surface area contributed by atoms with E-state index in [1.165, 1.54) is 0 Å². The van der Waals surface area contributed by atoms with Crippen molar-refractivity contribution in [3.63, 3.8) is 0 Å². The first-order valence-corrected chi connectivity index (χ1v) is 3.58. The molecule has 0 amide bonds. The van der Waals surface area contributed by atoms with Gasteiger partial charge in [0.15, 0.2) is 5.12 Å². The van der Waals surface area contributed by atoms with Crippen molar-refractivity contribution in [3.8, 4) is 0 Å². The van der Waals surface area contributed by atoms with Crippen LogP contribution in [-0.4, -0.2) is 10.8 Å². The third-order valence-corrected chi connectivity index (χ3v) is 1.39. The first-order chi connectivity index (χ1) is 4.34. The first kappa shape index (κ1) is 9.69. The average Bonchev–Trinajstić information content (AvgIpc) is 1.60. The van der Waals surface area contributed by atoms with Gasteiger partial charge in [0, 0.05) is 5.71 Å². The molecule has 0 aromatic carbocycles. The van der Waals surface area contributed by atoms with E-state index < -0.39 is 0 Å². The van der Waals surface area contributed by atoms with E-state index in [0.29, 0.717) is 5.71 Å². The molecule has 0 saturated heterocycles. The fourth-order valence-electron chi connectivity index (χ4n) is 0.416. The molecule has 0 unspecified atom stereocenters. The summed E-state index contributed by atoms with van der Waals surface area (Å²) in [4.78, 5) is 10.4. The Labute approximate surface area is 66.9 Å². The molecular formula is C7H13NOS. The van der Waals surface area contributed by atoms with Gasteiger partial charge in [-0.05, 0) is 5.41 Å². The van der Waals surface area contributed by atoms with Gasteiger partial charge >= 0.3 is 0 Å². The molecule has 0 radical (unpaired) electrons. The highest BCUT2D eigenvalue weighted by Crippen LogP contribution is 2.17. The lowest BCUT2D eigenvalue weighted by atomic mass is 9.88. The van der Waals surface area contributed by atoms with Crippen LogP contribution in [0.5, 0.6) is 0 Å². The zero-order valence-electron chi connectivity index (χ0n) is 6.56. The molecule has 58 valence electrons. The molecule has 0 saturated carbocycles. The Bertz CT molecular complexity index is 157. The summed E-state index contributed by atoms with van der Waals surface area (Å²) < 4.78 is 0. The Kier molecular flexibility index (Phi) is 3.09. The van der Waals surface area contributed by atoms with Gasteiger partial charge in [-0.3, -0.25) is 4.79 Å². The van der Waals surface area contributed by atoms with Crippen molar-refractivity contribution in [1.29, 1.82) is 5.41 Å². The molecule has 0 aromatic heterocycles. The SMILES string of the molecule is CC(C)(C)C(=N)CC(=O)S. The van der Waals surface area contributed by atoms with Crippen molar-refractivity contribution in [2.24, 2.45) is 5.41 Å². The normalized spacial score (nSPS) is 11.2. The lowest BCUT2D eigenvalue weighted by molar-refractivity contribution is -0.109. The average molecular weight is 159 g/mol. The molecule has 0 aliphatic carbocycles. The van der Waals surface area contributed by atoms with E-state index in [-0.39, 0.29) is 17.0 Å². The van der Waals surface area contributed by atoms with Crippen molar-refractivity contribution in [2.45, 2.75) is 27.2 Å². The molecule has 0 fully saturated rings. The van der Waals surface area contributed by atoms with Crippen LogP contribution in [0, 0.1) is 10.8 Å². The monoisotopic (exact) mass is 159 g/mol. The van der Waals surface area contributed by atoms with Gasteiger partial charge < -0.3 is 5.41 Å². The van der Waals surface area contributed by atoms with Crippen LogP contribution in [0.15, 0.2) is 0 Å². The molecule has 0 atom stereocenters. The van der Waals surface area contributed by atoms with Crippen molar-refractivity contribution in [1.82, 2.24) is 0 Å². The molecule has 0 rings (SSSR count). The Morgan fingerprint density at radius 1 is 1.50 bits per heavy atom. The fourth-order valence-corrected chi connectivity index (χ4v) is 0.575. The Hall–Kier alpha value is -0.310. The van der Waals surface area contributed by atoms with Crippen LogP contribution in [0.1, 0.15) is 27.2 Å². The predicted molar refractivity (Wildman–Crippen MR) is 45.8 cm³/mol. The van der Waals surface area contributed by atoms with Gasteiger partial charge in [0.1, 0.15) is 0 Å². The summed E-state index contributed by atoms with van der Waals surface area (Å²) in [6.45, 7) is 5.73. The standard InChI is InChI=1S/C7H13NOS/c1-7(2,3)5(8)4-6(9)10/h8H,4H2,1-3H3,(H,9,10). The van der Waals surface area contributed by atoms with E-state index in [2.05, 4.69) is 12.6 Å². The summed E-state index contributed by atoms with van der Waals surface area (Å²) in [6.07, 6.45) is 0.159. The van der Waals surface area contributed by atoms with Crippen LogP contribution in [0.25, 0.3) is 0 Å². The number of thiol groups is 1. The van der Waals surface area contributed by atoms with Crippen LogP contribution in [0.4, 0.5) is 0 Å². The van der Waals surface area contributed by atoms with Crippen molar-refractivity contribution in [2.75, 3.05) is 0 Å². The highest BCUT2D eigenvalue weighted by atomic mass is 32.1. The van der Waals surface area contributed by atoms with E-state index in [0.717, 1.165) is 0 Å². The smallest absolute Gasteiger partial charge is 0.191 e. The predicted octanol–water partition coefficient (Wildman–Crippen LogP) is 1.90. The van der Waals surface area contributed by atoms with Crippen LogP contribution in [-0.2, 0) is 4.79 Å². The minimum absolute atomic E-state index is 0.159. The topological polar surface area (TPSA) is 40.9 Å². The molecule has 0 aliphatic heterocycles. The van der Waals surface area contributed by atoms with Gasteiger partial charge in [-0.1, -0.05) is 20.8 Å². The van der Waals surface area contributed by atoms with Crippen LogP contribution in [0.3, 0.4) is 0 Å². The Morgan fingerprint density at radius 2 is 1.90 bits per heavy atom. The van der Waals surface area contributed by atoms with Gasteiger partial charge in [0.25, 0.3) is 0 Å². The fraction of sp³-hybridized carbons (Fsp3) is 0.714. The molecule has 1 N–H and O–H groups in total. The molecular weight excluding hydrogens is 146 g/mol. The van der Waals surface area contributed by atoms with Crippen LogP contribution in [0.2, 0.25) is 0 Å². The lowest BCUT2D eigenvalue weighted by Gasteiger charge is -2.18. The van der Waals surface area contributed by atoms with E-state index >= 15 is 0 Å². The van der Waals surface area contributed by atoms with Crippen molar-refractivity contribution in [3.05, 3.63) is 0 Å². The summed E-state index contributed by atoms with van der Waals surface area (Å²) in [6, 6.07) is 0.